The second-order valence-electron chi connectivity index (χ2n) is 5.93. The van der Waals surface area contributed by atoms with E-state index >= 15 is 0 Å². The second-order valence-corrected chi connectivity index (χ2v) is 5.93. The Labute approximate surface area is 153 Å². The number of carbonyl (C=O) groups excluding carboxylic acids is 1. The Kier molecular flexibility index (Phi) is 5.92. The number of morpholine rings is 1. The highest BCUT2D eigenvalue weighted by atomic mass is 16.5. The summed E-state index contributed by atoms with van der Waals surface area (Å²) in [5.74, 6) is 1.20. The summed E-state index contributed by atoms with van der Waals surface area (Å²) in [4.78, 5) is 14.8. The van der Waals surface area contributed by atoms with E-state index in [1.807, 2.05) is 42.5 Å². The van der Waals surface area contributed by atoms with Gasteiger partial charge < -0.3 is 19.1 Å². The van der Waals surface area contributed by atoms with Crippen molar-refractivity contribution < 1.29 is 19.0 Å². The molecule has 0 aliphatic carbocycles. The number of anilines is 1. The van der Waals surface area contributed by atoms with Crippen LogP contribution in [0.2, 0.25) is 0 Å². The van der Waals surface area contributed by atoms with Gasteiger partial charge in [0.05, 0.1) is 27.4 Å². The molecule has 0 radical (unpaired) electrons. The van der Waals surface area contributed by atoms with Crippen molar-refractivity contribution in [3.63, 3.8) is 0 Å². The fourth-order valence-electron chi connectivity index (χ4n) is 2.98. The lowest BCUT2D eigenvalue weighted by Gasteiger charge is -2.29. The zero-order valence-electron chi connectivity index (χ0n) is 15.1. The van der Waals surface area contributed by atoms with Crippen LogP contribution in [-0.4, -0.2) is 46.3 Å². The first kappa shape index (κ1) is 18.0. The number of nitrogens with zero attached hydrogens (tertiary/aromatic N) is 1. The molecule has 26 heavy (non-hydrogen) atoms. The van der Waals surface area contributed by atoms with Gasteiger partial charge in [0.2, 0.25) is 0 Å². The van der Waals surface area contributed by atoms with Crippen LogP contribution in [0.5, 0.6) is 11.5 Å². The summed E-state index contributed by atoms with van der Waals surface area (Å²) in [6.45, 7) is 3.12. The van der Waals surface area contributed by atoms with E-state index < -0.39 is 0 Å². The molecular weight excluding hydrogens is 330 g/mol. The molecule has 1 aliphatic heterocycles. The molecule has 0 amide bonds. The smallest absolute Gasteiger partial charge is 0.185 e. The van der Waals surface area contributed by atoms with Crippen LogP contribution in [0.25, 0.3) is 6.08 Å². The zero-order valence-corrected chi connectivity index (χ0v) is 15.1. The summed E-state index contributed by atoms with van der Waals surface area (Å²) in [6.07, 6.45) is 3.32. The molecule has 0 bridgehead atoms. The van der Waals surface area contributed by atoms with Crippen LogP contribution in [0, 0.1) is 0 Å². The number of rotatable bonds is 6. The van der Waals surface area contributed by atoms with Crippen molar-refractivity contribution in [2.24, 2.45) is 0 Å². The molecule has 5 nitrogen and oxygen atoms in total. The molecule has 5 heteroatoms. The number of ketones is 1. The molecule has 2 aromatic rings. The first-order valence-electron chi connectivity index (χ1n) is 8.59. The third-order valence-corrected chi connectivity index (χ3v) is 4.35. The summed E-state index contributed by atoms with van der Waals surface area (Å²) in [7, 11) is 3.18. The van der Waals surface area contributed by atoms with E-state index in [9.17, 15) is 4.79 Å². The highest BCUT2D eigenvalue weighted by molar-refractivity contribution is 6.07. The Morgan fingerprint density at radius 1 is 1.08 bits per heavy atom. The molecule has 0 unspecified atom stereocenters. The van der Waals surface area contributed by atoms with Gasteiger partial charge in [-0.25, -0.2) is 0 Å². The molecule has 1 heterocycles. The Balaban J connectivity index is 1.79. The summed E-state index contributed by atoms with van der Waals surface area (Å²) < 4.78 is 16.1. The molecule has 0 N–H and O–H groups in total. The average molecular weight is 353 g/mol. The number of para-hydroxylation sites is 1. The van der Waals surface area contributed by atoms with Gasteiger partial charge in [0.1, 0.15) is 0 Å². The van der Waals surface area contributed by atoms with Gasteiger partial charge in [-0.05, 0) is 30.4 Å². The Morgan fingerprint density at radius 3 is 2.58 bits per heavy atom. The van der Waals surface area contributed by atoms with E-state index in [1.54, 1.807) is 26.4 Å². The summed E-state index contributed by atoms with van der Waals surface area (Å²) in [6, 6.07) is 13.3. The van der Waals surface area contributed by atoms with Gasteiger partial charge >= 0.3 is 0 Å². The van der Waals surface area contributed by atoms with Crippen LogP contribution in [0.1, 0.15) is 15.9 Å². The minimum Gasteiger partial charge on any atom is -0.493 e. The minimum atomic E-state index is -0.0509. The lowest BCUT2D eigenvalue weighted by molar-refractivity contribution is 0.104. The van der Waals surface area contributed by atoms with E-state index in [0.29, 0.717) is 30.3 Å². The van der Waals surface area contributed by atoms with Crippen molar-refractivity contribution in [1.29, 1.82) is 0 Å². The fourth-order valence-corrected chi connectivity index (χ4v) is 2.98. The number of ether oxygens (including phenoxy) is 3. The number of methoxy groups -OCH3 is 2. The lowest BCUT2D eigenvalue weighted by Crippen LogP contribution is -2.36. The molecular formula is C21H23NO4. The average Bonchev–Trinajstić information content (AvgIpc) is 2.72. The molecule has 1 saturated heterocycles. The molecule has 1 fully saturated rings. The van der Waals surface area contributed by atoms with Crippen molar-refractivity contribution in [3.8, 4) is 11.5 Å². The van der Waals surface area contributed by atoms with Gasteiger partial charge in [-0.3, -0.25) is 4.79 Å². The zero-order chi connectivity index (χ0) is 18.4. The predicted molar refractivity (Wildman–Crippen MR) is 102 cm³/mol. The van der Waals surface area contributed by atoms with Crippen LogP contribution in [0.4, 0.5) is 5.69 Å². The predicted octanol–water partition coefficient (Wildman–Crippen LogP) is 3.44. The van der Waals surface area contributed by atoms with Gasteiger partial charge in [-0.2, -0.15) is 0 Å². The normalized spacial score (nSPS) is 14.5. The topological polar surface area (TPSA) is 48.0 Å². The summed E-state index contributed by atoms with van der Waals surface area (Å²) in [5, 5.41) is 0. The van der Waals surface area contributed by atoms with E-state index in [0.717, 1.165) is 24.3 Å². The van der Waals surface area contributed by atoms with E-state index in [2.05, 4.69) is 4.90 Å². The molecule has 3 rings (SSSR count). The first-order valence-corrected chi connectivity index (χ1v) is 8.59. The van der Waals surface area contributed by atoms with Gasteiger partial charge in [-0.1, -0.05) is 24.3 Å². The lowest BCUT2D eigenvalue weighted by atomic mass is 10.1. The van der Waals surface area contributed by atoms with E-state index in [1.165, 1.54) is 0 Å². The molecule has 2 aromatic carbocycles. The Bertz CT molecular complexity index is 794. The molecule has 0 aromatic heterocycles. The van der Waals surface area contributed by atoms with Gasteiger partial charge in [-0.15, -0.1) is 0 Å². The number of hydrogen-bond acceptors (Lipinski definition) is 5. The molecule has 0 spiro atoms. The van der Waals surface area contributed by atoms with Crippen LogP contribution >= 0.6 is 0 Å². The number of hydrogen-bond donors (Lipinski definition) is 0. The number of allylic oxidation sites excluding steroid dienone is 1. The number of carbonyl (C=O) groups is 1. The summed E-state index contributed by atoms with van der Waals surface area (Å²) >= 11 is 0. The van der Waals surface area contributed by atoms with Crippen molar-refractivity contribution in [3.05, 3.63) is 59.7 Å². The van der Waals surface area contributed by atoms with E-state index in [4.69, 9.17) is 14.2 Å². The van der Waals surface area contributed by atoms with Crippen LogP contribution in [0.3, 0.4) is 0 Å². The summed E-state index contributed by atoms with van der Waals surface area (Å²) in [5.41, 5.74) is 2.50. The number of benzene rings is 2. The van der Waals surface area contributed by atoms with Gasteiger partial charge in [0, 0.05) is 29.9 Å². The second kappa shape index (κ2) is 8.54. The quantitative estimate of drug-likeness (QED) is 0.588. The van der Waals surface area contributed by atoms with Crippen molar-refractivity contribution in [2.75, 3.05) is 45.4 Å². The Morgan fingerprint density at radius 2 is 1.85 bits per heavy atom. The van der Waals surface area contributed by atoms with Crippen LogP contribution in [-0.2, 0) is 4.74 Å². The maximum Gasteiger partial charge on any atom is 0.185 e. The third-order valence-electron chi connectivity index (χ3n) is 4.35. The van der Waals surface area contributed by atoms with Crippen molar-refractivity contribution in [1.82, 2.24) is 0 Å². The first-order chi connectivity index (χ1) is 12.7. The third kappa shape index (κ3) is 4.06. The minimum absolute atomic E-state index is 0.0509. The largest absolute Gasteiger partial charge is 0.493 e. The van der Waals surface area contributed by atoms with E-state index in [-0.39, 0.29) is 5.78 Å². The molecule has 136 valence electrons. The van der Waals surface area contributed by atoms with Crippen molar-refractivity contribution in [2.45, 2.75) is 0 Å². The van der Waals surface area contributed by atoms with Crippen LogP contribution < -0.4 is 14.4 Å². The van der Waals surface area contributed by atoms with Gasteiger partial charge in [0.25, 0.3) is 0 Å². The van der Waals surface area contributed by atoms with Gasteiger partial charge in [0.15, 0.2) is 17.3 Å². The molecule has 1 aliphatic rings. The Hall–Kier alpha value is -2.79. The van der Waals surface area contributed by atoms with Crippen molar-refractivity contribution >= 4 is 17.5 Å². The maximum absolute atomic E-state index is 12.6. The highest BCUT2D eigenvalue weighted by Gasteiger charge is 2.13. The monoisotopic (exact) mass is 353 g/mol. The molecule has 0 atom stereocenters. The fraction of sp³-hybridized carbons (Fsp3) is 0.286. The maximum atomic E-state index is 12.6. The highest BCUT2D eigenvalue weighted by Crippen LogP contribution is 2.31. The van der Waals surface area contributed by atoms with Crippen LogP contribution in [0.15, 0.2) is 48.5 Å². The SMILES string of the molecule is COc1cccc(C=CC(=O)c2cccc(N3CCOCC3)c2)c1OC. The standard InChI is InChI=1S/C21H23NO4/c1-24-20-8-4-5-16(21(20)25-2)9-10-19(23)17-6-3-7-18(15-17)22-11-13-26-14-12-22/h3-10,15H,11-14H2,1-2H3. The molecule has 0 saturated carbocycles.